The van der Waals surface area contributed by atoms with Gasteiger partial charge in [0.15, 0.2) is 16.9 Å². The van der Waals surface area contributed by atoms with E-state index < -0.39 is 22.6 Å². The Morgan fingerprint density at radius 3 is 2.35 bits per heavy atom. The maximum absolute atomic E-state index is 13.4. The Labute approximate surface area is 250 Å². The van der Waals surface area contributed by atoms with Crippen LogP contribution in [0.15, 0.2) is 41.3 Å². The number of rotatable bonds is 13. The van der Waals surface area contributed by atoms with Gasteiger partial charge < -0.3 is 19.5 Å². The van der Waals surface area contributed by atoms with Crippen LogP contribution in [0.5, 0.6) is 5.75 Å². The smallest absolute Gasteiger partial charge is 0.405 e. The van der Waals surface area contributed by atoms with Crippen molar-refractivity contribution in [2.45, 2.75) is 63.0 Å². The molecular formula is C30H37Cl2NO6S. The van der Waals surface area contributed by atoms with Gasteiger partial charge in [0, 0.05) is 46.7 Å². The summed E-state index contributed by atoms with van der Waals surface area (Å²) in [6.07, 6.45) is 2.19. The number of alkyl halides is 1. The van der Waals surface area contributed by atoms with Crippen molar-refractivity contribution in [3.8, 4) is 5.75 Å². The molecule has 0 aromatic heterocycles. The summed E-state index contributed by atoms with van der Waals surface area (Å²) in [6.45, 7) is 8.83. The molecule has 0 spiro atoms. The van der Waals surface area contributed by atoms with Crippen LogP contribution in [0.2, 0.25) is 0 Å². The molecule has 0 bridgehead atoms. The molecule has 2 aromatic rings. The van der Waals surface area contributed by atoms with Crippen molar-refractivity contribution in [2.24, 2.45) is 11.8 Å². The molecule has 0 amide bonds. The molecule has 218 valence electrons. The first-order chi connectivity index (χ1) is 18.9. The number of benzene rings is 2. The highest BCUT2D eigenvalue weighted by Crippen LogP contribution is 2.32. The average molecular weight is 611 g/mol. The van der Waals surface area contributed by atoms with E-state index in [4.69, 9.17) is 37.4 Å². The molecule has 0 radical (unpaired) electrons. The van der Waals surface area contributed by atoms with Gasteiger partial charge in [0.05, 0.1) is 7.11 Å². The van der Waals surface area contributed by atoms with Crippen LogP contribution in [0.25, 0.3) is 0 Å². The van der Waals surface area contributed by atoms with Gasteiger partial charge in [-0.05, 0) is 81.8 Å². The van der Waals surface area contributed by atoms with E-state index >= 15 is 0 Å². The highest BCUT2D eigenvalue weighted by atomic mass is 35.5. The van der Waals surface area contributed by atoms with E-state index in [1.54, 1.807) is 25.6 Å². The fourth-order valence-electron chi connectivity index (χ4n) is 4.94. The van der Waals surface area contributed by atoms with Crippen molar-refractivity contribution in [1.82, 2.24) is 5.32 Å². The minimum absolute atomic E-state index is 0.0774. The van der Waals surface area contributed by atoms with Crippen molar-refractivity contribution in [3.05, 3.63) is 58.7 Å². The molecule has 1 fully saturated rings. The molecule has 3 rings (SSSR count). The third-order valence-corrected chi connectivity index (χ3v) is 8.45. The van der Waals surface area contributed by atoms with Gasteiger partial charge in [-0.25, -0.2) is 9.59 Å². The number of Topliss-reactive ketones (excluding diaryl/α,β-unsaturated/α-hetero) is 1. The van der Waals surface area contributed by atoms with E-state index in [2.05, 4.69) is 17.4 Å². The minimum atomic E-state index is -1.08. The monoisotopic (exact) mass is 609 g/mol. The van der Waals surface area contributed by atoms with Crippen LogP contribution < -0.4 is 10.1 Å². The minimum Gasteiger partial charge on any atom is -0.476 e. The van der Waals surface area contributed by atoms with Crippen LogP contribution >= 0.6 is 35.0 Å². The molecule has 40 heavy (non-hydrogen) atoms. The Morgan fingerprint density at radius 2 is 1.75 bits per heavy atom. The van der Waals surface area contributed by atoms with Crippen LogP contribution in [0.1, 0.15) is 53.7 Å². The Balaban J connectivity index is 1.57. The van der Waals surface area contributed by atoms with Gasteiger partial charge in [-0.2, -0.15) is 0 Å². The van der Waals surface area contributed by atoms with Crippen molar-refractivity contribution in [2.75, 3.05) is 26.0 Å². The number of carbonyl (C=O) groups is 3. The zero-order valence-corrected chi connectivity index (χ0v) is 25.9. The van der Waals surface area contributed by atoms with Gasteiger partial charge in [0.2, 0.25) is 0 Å². The number of ketones is 1. The topological polar surface area (TPSA) is 90.9 Å². The molecule has 0 aliphatic carbocycles. The van der Waals surface area contributed by atoms with E-state index in [0.29, 0.717) is 30.0 Å². The normalized spacial score (nSPS) is 17.8. The Bertz CT molecular complexity index is 1180. The summed E-state index contributed by atoms with van der Waals surface area (Å²) >= 11 is 12.7. The molecule has 3 atom stereocenters. The quantitative estimate of drug-likeness (QED) is 0.0881. The van der Waals surface area contributed by atoms with E-state index in [-0.39, 0.29) is 17.6 Å². The Hall–Kier alpha value is -2.26. The number of carbonyl (C=O) groups excluding carboxylic acids is 3. The van der Waals surface area contributed by atoms with Gasteiger partial charge in [-0.1, -0.05) is 35.9 Å². The second-order valence-corrected chi connectivity index (χ2v) is 12.5. The summed E-state index contributed by atoms with van der Waals surface area (Å²) < 4.78 is 15.6. The van der Waals surface area contributed by atoms with E-state index in [0.717, 1.165) is 35.4 Å². The van der Waals surface area contributed by atoms with Crippen LogP contribution in [0.3, 0.4) is 0 Å². The Kier molecular flexibility index (Phi) is 11.8. The van der Waals surface area contributed by atoms with Gasteiger partial charge in [0.25, 0.3) is 0 Å². The lowest BCUT2D eigenvalue weighted by molar-refractivity contribution is -0.156. The summed E-state index contributed by atoms with van der Waals surface area (Å²) in [5.74, 6) is 1.23. The van der Waals surface area contributed by atoms with Gasteiger partial charge >= 0.3 is 11.4 Å². The fourth-order valence-corrected chi connectivity index (χ4v) is 6.31. The average Bonchev–Trinajstić information content (AvgIpc) is 3.37. The van der Waals surface area contributed by atoms with E-state index in [1.165, 1.54) is 12.7 Å². The molecule has 3 unspecified atom stereocenters. The maximum Gasteiger partial charge on any atom is 0.405 e. The highest BCUT2D eigenvalue weighted by molar-refractivity contribution is 7.99. The number of hydrogen-bond donors (Lipinski definition) is 1. The lowest BCUT2D eigenvalue weighted by atomic mass is 9.84. The molecule has 10 heteroatoms. The van der Waals surface area contributed by atoms with Crippen molar-refractivity contribution >= 4 is 52.1 Å². The van der Waals surface area contributed by atoms with Crippen LogP contribution in [0, 0.1) is 25.7 Å². The summed E-state index contributed by atoms with van der Waals surface area (Å²) in [5, 5.41) is 3.40. The molecule has 0 saturated carbocycles. The van der Waals surface area contributed by atoms with E-state index in [1.807, 2.05) is 38.1 Å². The van der Waals surface area contributed by atoms with Crippen molar-refractivity contribution in [3.63, 3.8) is 0 Å². The number of thioether (sulfide) groups is 1. The van der Waals surface area contributed by atoms with E-state index in [9.17, 15) is 14.4 Å². The number of halogens is 2. The molecule has 1 aliphatic heterocycles. The predicted octanol–water partition coefficient (Wildman–Crippen LogP) is 6.71. The number of hydrogen-bond acceptors (Lipinski definition) is 8. The van der Waals surface area contributed by atoms with Crippen LogP contribution in [-0.2, 0) is 20.7 Å². The third kappa shape index (κ3) is 8.87. The second-order valence-electron chi connectivity index (χ2n) is 10.5. The zero-order chi connectivity index (χ0) is 29.4. The largest absolute Gasteiger partial charge is 0.476 e. The summed E-state index contributed by atoms with van der Waals surface area (Å²) in [6, 6.07) is 11.8. The fraction of sp³-hybridized carbons (Fsp3) is 0.500. The standard InChI is InChI=1S/C30H37Cl2NO6S/c1-18-14-20(15-19(2)27(18)39-30(3,4)28(35)37-5)6-7-22-16-33-17-24(22)26(34)21-8-10-23(11-9-21)40-13-12-25(31)38-29(32)36/h8-11,14-15,22,24-25,33H,6-7,12-13,16-17H2,1-5H3. The summed E-state index contributed by atoms with van der Waals surface area (Å²) in [5.41, 5.74) is 1.05. The van der Waals surface area contributed by atoms with Crippen molar-refractivity contribution in [1.29, 1.82) is 0 Å². The molecule has 1 N–H and O–H groups in total. The molecular weight excluding hydrogens is 573 g/mol. The number of methoxy groups -OCH3 is 1. The van der Waals surface area contributed by atoms with Gasteiger partial charge in [0.1, 0.15) is 5.75 Å². The lowest BCUT2D eigenvalue weighted by Gasteiger charge is -2.26. The Morgan fingerprint density at radius 1 is 1.10 bits per heavy atom. The predicted molar refractivity (Wildman–Crippen MR) is 159 cm³/mol. The SMILES string of the molecule is COC(=O)C(C)(C)Oc1c(C)cc(CCC2CNCC2C(=O)c2ccc(SCCC(Cl)OC(=O)Cl)cc2)cc1C. The van der Waals surface area contributed by atoms with Crippen LogP contribution in [-0.4, -0.2) is 54.3 Å². The molecule has 1 aliphatic rings. The zero-order valence-electron chi connectivity index (χ0n) is 23.6. The van der Waals surface area contributed by atoms with Gasteiger partial charge in [-0.15, -0.1) is 11.8 Å². The first-order valence-corrected chi connectivity index (χ1v) is 15.1. The number of ether oxygens (including phenoxy) is 3. The van der Waals surface area contributed by atoms with Gasteiger partial charge in [-0.3, -0.25) is 4.79 Å². The molecule has 1 saturated heterocycles. The first-order valence-electron chi connectivity index (χ1n) is 13.3. The summed E-state index contributed by atoms with van der Waals surface area (Å²) in [7, 11) is 1.35. The second kappa shape index (κ2) is 14.6. The van der Waals surface area contributed by atoms with Crippen LogP contribution in [0.4, 0.5) is 4.79 Å². The first kappa shape index (κ1) is 32.3. The lowest BCUT2D eigenvalue weighted by Crippen LogP contribution is -2.39. The maximum atomic E-state index is 13.4. The highest BCUT2D eigenvalue weighted by Gasteiger charge is 2.34. The summed E-state index contributed by atoms with van der Waals surface area (Å²) in [4.78, 5) is 37.2. The number of esters is 1. The van der Waals surface area contributed by atoms with Crippen molar-refractivity contribution < 1.29 is 28.6 Å². The molecule has 2 aromatic carbocycles. The molecule has 1 heterocycles. The molecule has 7 nitrogen and oxygen atoms in total. The number of nitrogens with one attached hydrogen (secondary N) is 1. The third-order valence-electron chi connectivity index (χ3n) is 7.01. The number of aryl methyl sites for hydroxylation is 3.